The van der Waals surface area contributed by atoms with Gasteiger partial charge in [-0.05, 0) is 31.0 Å². The maximum Gasteiger partial charge on any atom is 0.0705 e. The molecule has 1 aromatic heterocycles. The van der Waals surface area contributed by atoms with Crippen LogP contribution in [0.1, 0.15) is 24.1 Å². The Kier molecular flexibility index (Phi) is 2.78. The molecule has 0 bridgehead atoms. The summed E-state index contributed by atoms with van der Waals surface area (Å²) in [7, 11) is 0. The monoisotopic (exact) mass is 166 g/mol. The van der Waals surface area contributed by atoms with E-state index < -0.39 is 6.10 Å². The van der Waals surface area contributed by atoms with Gasteiger partial charge in [-0.15, -0.1) is 0 Å². The van der Waals surface area contributed by atoms with Crippen LogP contribution in [0.2, 0.25) is 0 Å². The molecule has 3 heteroatoms. The van der Waals surface area contributed by atoms with Crippen molar-refractivity contribution in [2.75, 3.05) is 0 Å². The molecule has 12 heavy (non-hydrogen) atoms. The zero-order chi connectivity index (χ0) is 9.14. The molecule has 0 radical (unpaired) electrons. The van der Waals surface area contributed by atoms with Gasteiger partial charge in [0, 0.05) is 12.4 Å². The van der Waals surface area contributed by atoms with Gasteiger partial charge in [-0.2, -0.15) is 0 Å². The highest BCUT2D eigenvalue weighted by Gasteiger charge is 2.13. The molecular formula is C9H14N2O. The van der Waals surface area contributed by atoms with E-state index in [9.17, 15) is 5.11 Å². The Morgan fingerprint density at radius 1 is 1.58 bits per heavy atom. The third-order valence-electron chi connectivity index (χ3n) is 1.96. The molecule has 3 N–H and O–H groups in total. The lowest BCUT2D eigenvalue weighted by molar-refractivity contribution is 0.164. The minimum atomic E-state index is -0.534. The number of aliphatic hydroxyl groups excluding tert-OH is 1. The average Bonchev–Trinajstić information content (AvgIpc) is 2.04. The van der Waals surface area contributed by atoms with Crippen molar-refractivity contribution in [1.29, 1.82) is 0 Å². The first-order valence-corrected chi connectivity index (χ1v) is 3.97. The van der Waals surface area contributed by atoms with Crippen LogP contribution in [0.15, 0.2) is 18.5 Å². The second kappa shape index (κ2) is 3.65. The second-order valence-corrected chi connectivity index (χ2v) is 3.00. The van der Waals surface area contributed by atoms with E-state index in [1.165, 1.54) is 0 Å². The molecule has 66 valence electrons. The van der Waals surface area contributed by atoms with Crippen molar-refractivity contribution in [3.8, 4) is 0 Å². The normalized spacial score (nSPS) is 15.7. The first kappa shape index (κ1) is 9.16. The Balaban J connectivity index is 2.94. The van der Waals surface area contributed by atoms with Crippen LogP contribution >= 0.6 is 0 Å². The molecule has 2 atom stereocenters. The summed E-state index contributed by atoms with van der Waals surface area (Å²) in [5.41, 5.74) is 7.73. The summed E-state index contributed by atoms with van der Waals surface area (Å²) in [5, 5.41) is 9.25. The third-order valence-corrected chi connectivity index (χ3v) is 1.96. The van der Waals surface area contributed by atoms with Crippen molar-refractivity contribution in [3.05, 3.63) is 29.6 Å². The summed E-state index contributed by atoms with van der Waals surface area (Å²) in [6.07, 6.45) is 2.88. The highest BCUT2D eigenvalue weighted by atomic mass is 16.3. The Bertz CT molecular complexity index is 260. The van der Waals surface area contributed by atoms with Crippen LogP contribution in [0.3, 0.4) is 0 Å². The lowest BCUT2D eigenvalue weighted by Crippen LogP contribution is -2.24. The Morgan fingerprint density at radius 3 is 2.75 bits per heavy atom. The van der Waals surface area contributed by atoms with Crippen LogP contribution < -0.4 is 5.73 Å². The molecule has 0 aliphatic carbocycles. The van der Waals surface area contributed by atoms with Crippen LogP contribution in [0, 0.1) is 6.92 Å². The molecule has 0 saturated carbocycles. The molecule has 1 rings (SSSR count). The fourth-order valence-electron chi connectivity index (χ4n) is 1.09. The zero-order valence-electron chi connectivity index (χ0n) is 7.36. The van der Waals surface area contributed by atoms with Crippen LogP contribution in [0.25, 0.3) is 0 Å². The number of aryl methyl sites for hydroxylation is 1. The quantitative estimate of drug-likeness (QED) is 0.682. The van der Waals surface area contributed by atoms with E-state index in [2.05, 4.69) is 4.98 Å². The largest absolute Gasteiger partial charge is 0.391 e. The molecule has 0 aliphatic rings. The summed E-state index contributed by atoms with van der Waals surface area (Å²) in [6, 6.07) is 1.55. The number of hydrogen-bond acceptors (Lipinski definition) is 3. The highest BCUT2D eigenvalue weighted by molar-refractivity contribution is 5.25. The van der Waals surface area contributed by atoms with Gasteiger partial charge in [0.2, 0.25) is 0 Å². The van der Waals surface area contributed by atoms with E-state index in [1.54, 1.807) is 19.3 Å². The van der Waals surface area contributed by atoms with Crippen molar-refractivity contribution < 1.29 is 5.11 Å². The fraction of sp³-hybridized carbons (Fsp3) is 0.444. The number of nitrogens with zero attached hydrogens (tertiary/aromatic N) is 1. The van der Waals surface area contributed by atoms with E-state index in [0.717, 1.165) is 11.1 Å². The standard InChI is InChI=1S/C9H14N2O/c1-6-3-4-11-5-8(6)9(10)7(2)12/h3-5,7,9,12H,10H2,1-2H3. The second-order valence-electron chi connectivity index (χ2n) is 3.00. The van der Waals surface area contributed by atoms with Gasteiger partial charge in [0.15, 0.2) is 0 Å². The average molecular weight is 166 g/mol. The van der Waals surface area contributed by atoms with Gasteiger partial charge in [-0.25, -0.2) is 0 Å². The Labute approximate surface area is 72.2 Å². The van der Waals surface area contributed by atoms with E-state index >= 15 is 0 Å². The Hall–Kier alpha value is -0.930. The van der Waals surface area contributed by atoms with Gasteiger partial charge >= 0.3 is 0 Å². The van der Waals surface area contributed by atoms with E-state index in [1.807, 2.05) is 13.0 Å². The number of nitrogens with two attached hydrogens (primary N) is 1. The van der Waals surface area contributed by atoms with Crippen molar-refractivity contribution >= 4 is 0 Å². The summed E-state index contributed by atoms with van der Waals surface area (Å²) in [6.45, 7) is 3.64. The van der Waals surface area contributed by atoms with Gasteiger partial charge in [-0.3, -0.25) is 4.98 Å². The smallest absolute Gasteiger partial charge is 0.0705 e. The maximum atomic E-state index is 9.25. The predicted molar refractivity (Wildman–Crippen MR) is 47.6 cm³/mol. The molecule has 0 saturated heterocycles. The minimum Gasteiger partial charge on any atom is -0.391 e. The molecule has 1 heterocycles. The van der Waals surface area contributed by atoms with E-state index in [0.29, 0.717) is 0 Å². The van der Waals surface area contributed by atoms with Crippen LogP contribution in [-0.4, -0.2) is 16.2 Å². The summed E-state index contributed by atoms with van der Waals surface area (Å²) in [4.78, 5) is 3.96. The molecule has 2 unspecified atom stereocenters. The van der Waals surface area contributed by atoms with Crippen molar-refractivity contribution in [2.24, 2.45) is 5.73 Å². The van der Waals surface area contributed by atoms with Crippen LogP contribution in [0.5, 0.6) is 0 Å². The first-order chi connectivity index (χ1) is 5.63. The SMILES string of the molecule is Cc1ccncc1C(N)C(C)O. The molecule has 0 fully saturated rings. The minimum absolute atomic E-state index is 0.335. The lowest BCUT2D eigenvalue weighted by atomic mass is 10.0. The van der Waals surface area contributed by atoms with Crippen LogP contribution in [0.4, 0.5) is 0 Å². The molecule has 0 aliphatic heterocycles. The van der Waals surface area contributed by atoms with E-state index in [4.69, 9.17) is 5.73 Å². The predicted octanol–water partition coefficient (Wildman–Crippen LogP) is 0.771. The summed E-state index contributed by atoms with van der Waals surface area (Å²) in [5.74, 6) is 0. The molecule has 0 spiro atoms. The van der Waals surface area contributed by atoms with E-state index in [-0.39, 0.29) is 6.04 Å². The highest BCUT2D eigenvalue weighted by Crippen LogP contribution is 2.16. The Morgan fingerprint density at radius 2 is 2.25 bits per heavy atom. The van der Waals surface area contributed by atoms with Gasteiger partial charge in [0.25, 0.3) is 0 Å². The van der Waals surface area contributed by atoms with Gasteiger partial charge in [0.05, 0.1) is 12.1 Å². The molecular weight excluding hydrogens is 152 g/mol. The maximum absolute atomic E-state index is 9.25. The molecule has 0 amide bonds. The number of aliphatic hydroxyl groups is 1. The fourth-order valence-corrected chi connectivity index (χ4v) is 1.09. The van der Waals surface area contributed by atoms with Crippen LogP contribution in [-0.2, 0) is 0 Å². The van der Waals surface area contributed by atoms with Gasteiger partial charge < -0.3 is 10.8 Å². The first-order valence-electron chi connectivity index (χ1n) is 3.97. The summed E-state index contributed by atoms with van der Waals surface area (Å²) >= 11 is 0. The van der Waals surface area contributed by atoms with Gasteiger partial charge in [-0.1, -0.05) is 0 Å². The summed E-state index contributed by atoms with van der Waals surface area (Å²) < 4.78 is 0. The number of rotatable bonds is 2. The number of aromatic nitrogens is 1. The lowest BCUT2D eigenvalue weighted by Gasteiger charge is -2.16. The van der Waals surface area contributed by atoms with Crippen molar-refractivity contribution in [2.45, 2.75) is 26.0 Å². The molecule has 3 nitrogen and oxygen atoms in total. The zero-order valence-corrected chi connectivity index (χ0v) is 7.36. The van der Waals surface area contributed by atoms with Crippen molar-refractivity contribution in [3.63, 3.8) is 0 Å². The molecule has 1 aromatic rings. The third kappa shape index (κ3) is 1.81. The molecule has 0 aromatic carbocycles. The number of hydrogen-bond donors (Lipinski definition) is 2. The number of pyridine rings is 1. The topological polar surface area (TPSA) is 59.1 Å². The van der Waals surface area contributed by atoms with Crippen molar-refractivity contribution in [1.82, 2.24) is 4.98 Å². The van der Waals surface area contributed by atoms with Gasteiger partial charge in [0.1, 0.15) is 0 Å².